The van der Waals surface area contributed by atoms with E-state index < -0.39 is 30.4 Å². The number of carbonyl (C=O) groups excluding carboxylic acids is 3. The molecule has 3 rings (SSSR count). The molecule has 1 atom stereocenters. The number of ether oxygens (including phenoxy) is 1. The molecule has 0 aliphatic heterocycles. The molecule has 0 aliphatic carbocycles. The number of nitrogens with zero attached hydrogens (tertiary/aromatic N) is 2. The maximum Gasteiger partial charge on any atom is 0.329 e. The zero-order chi connectivity index (χ0) is 23.6. The van der Waals surface area contributed by atoms with Crippen molar-refractivity contribution in [2.75, 3.05) is 23.9 Å². The zero-order valence-corrected chi connectivity index (χ0v) is 19.2. The molecule has 0 spiro atoms. The van der Waals surface area contributed by atoms with Gasteiger partial charge in [0, 0.05) is 16.1 Å². The van der Waals surface area contributed by atoms with Gasteiger partial charge in [-0.1, -0.05) is 34.9 Å². The monoisotopic (exact) mass is 488 g/mol. The fourth-order valence-corrected chi connectivity index (χ4v) is 3.29. The number of carbonyl (C=O) groups is 3. The highest BCUT2D eigenvalue weighted by Crippen LogP contribution is 2.19. The molecule has 0 saturated heterocycles. The molecule has 0 bridgehead atoms. The maximum atomic E-state index is 12.5. The topological polar surface area (TPSA) is 123 Å². The highest BCUT2D eigenvalue weighted by Gasteiger charge is 2.24. The lowest BCUT2D eigenvalue weighted by atomic mass is 10.1. The fraction of sp³-hybridized carbons (Fsp3) is 0.227. The molecule has 1 aromatic heterocycles. The van der Waals surface area contributed by atoms with E-state index >= 15 is 0 Å². The lowest BCUT2D eigenvalue weighted by Crippen LogP contribution is -2.43. The van der Waals surface area contributed by atoms with Crippen LogP contribution < -0.4 is 10.6 Å². The van der Waals surface area contributed by atoms with Crippen molar-refractivity contribution in [3.63, 3.8) is 0 Å². The van der Waals surface area contributed by atoms with E-state index in [1.807, 2.05) is 24.5 Å². The highest BCUT2D eigenvalue weighted by molar-refractivity contribution is 7.98. The molecule has 2 N–H and O–H groups in total. The van der Waals surface area contributed by atoms with Gasteiger partial charge in [-0.15, -0.1) is 5.10 Å². The Balaban J connectivity index is 1.53. The Bertz CT molecular complexity index is 1090. The number of esters is 1. The molecule has 1 heterocycles. The van der Waals surface area contributed by atoms with Crippen molar-refractivity contribution in [3.05, 3.63) is 65.2 Å². The van der Waals surface area contributed by atoms with Crippen LogP contribution in [0.3, 0.4) is 0 Å². The summed E-state index contributed by atoms with van der Waals surface area (Å²) in [6.07, 6.45) is 2.22. The molecule has 33 heavy (non-hydrogen) atoms. The van der Waals surface area contributed by atoms with Gasteiger partial charge >= 0.3 is 12.0 Å². The van der Waals surface area contributed by atoms with E-state index in [4.69, 9.17) is 20.8 Å². The fourth-order valence-electron chi connectivity index (χ4n) is 2.69. The summed E-state index contributed by atoms with van der Waals surface area (Å²) >= 11 is 7.36. The average Bonchev–Trinajstić information content (AvgIpc) is 3.29. The SMILES string of the molecule is CSCCC(NC(=O)c1ccc(Cl)cc1)C(=O)OCC(=O)Nc1nnc(-c2ccccc2)o1. The van der Waals surface area contributed by atoms with E-state index in [0.29, 0.717) is 28.3 Å². The molecule has 172 valence electrons. The Kier molecular flexibility index (Phi) is 8.85. The van der Waals surface area contributed by atoms with Crippen molar-refractivity contribution in [1.82, 2.24) is 15.5 Å². The Hall–Kier alpha value is -3.37. The van der Waals surface area contributed by atoms with Gasteiger partial charge in [-0.2, -0.15) is 11.8 Å². The van der Waals surface area contributed by atoms with Crippen LogP contribution in [-0.2, 0) is 14.3 Å². The van der Waals surface area contributed by atoms with E-state index in [1.165, 1.54) is 11.8 Å². The molecule has 2 amide bonds. The van der Waals surface area contributed by atoms with Crippen LogP contribution in [0.25, 0.3) is 11.5 Å². The first-order chi connectivity index (χ1) is 16.0. The predicted molar refractivity (Wildman–Crippen MR) is 125 cm³/mol. The second-order valence-electron chi connectivity index (χ2n) is 6.75. The third kappa shape index (κ3) is 7.33. The standard InChI is InChI=1S/C22H21ClN4O5S/c1-33-12-11-17(24-19(29)14-7-9-16(23)10-8-14)21(30)31-13-18(28)25-22-27-26-20(32-22)15-5-3-2-4-6-15/h2-10,17H,11-13H2,1H3,(H,24,29)(H,25,27,28). The van der Waals surface area contributed by atoms with Gasteiger partial charge in [0.1, 0.15) is 6.04 Å². The summed E-state index contributed by atoms with van der Waals surface area (Å²) in [5.74, 6) is -0.975. The van der Waals surface area contributed by atoms with E-state index in [2.05, 4.69) is 20.8 Å². The van der Waals surface area contributed by atoms with Crippen molar-refractivity contribution < 1.29 is 23.5 Å². The summed E-state index contributed by atoms with van der Waals surface area (Å²) in [6.45, 7) is -0.575. The number of anilines is 1. The van der Waals surface area contributed by atoms with Crippen LogP contribution in [0.4, 0.5) is 6.01 Å². The molecule has 11 heteroatoms. The number of hydrogen-bond acceptors (Lipinski definition) is 8. The van der Waals surface area contributed by atoms with Crippen LogP contribution in [0, 0.1) is 0 Å². The van der Waals surface area contributed by atoms with Crippen LogP contribution in [0.15, 0.2) is 59.0 Å². The Morgan fingerprint density at radius 2 is 1.82 bits per heavy atom. The third-order valence-corrected chi connectivity index (χ3v) is 5.24. The number of amides is 2. The van der Waals surface area contributed by atoms with Gasteiger partial charge < -0.3 is 14.5 Å². The number of thioether (sulfide) groups is 1. The zero-order valence-electron chi connectivity index (χ0n) is 17.6. The largest absolute Gasteiger partial charge is 0.454 e. The Morgan fingerprint density at radius 3 is 2.52 bits per heavy atom. The van der Waals surface area contributed by atoms with E-state index in [0.717, 1.165) is 0 Å². The lowest BCUT2D eigenvalue weighted by molar-refractivity contribution is -0.149. The molecular formula is C22H21ClN4O5S. The van der Waals surface area contributed by atoms with Gasteiger partial charge in [-0.05, 0) is 54.8 Å². The molecule has 0 radical (unpaired) electrons. The predicted octanol–water partition coefficient (Wildman–Crippen LogP) is 3.42. The quantitative estimate of drug-likeness (QED) is 0.416. The molecule has 0 fully saturated rings. The van der Waals surface area contributed by atoms with Gasteiger partial charge in [-0.3, -0.25) is 14.9 Å². The molecular weight excluding hydrogens is 468 g/mol. The van der Waals surface area contributed by atoms with Crippen LogP contribution in [0.1, 0.15) is 16.8 Å². The normalized spacial score (nSPS) is 11.5. The Morgan fingerprint density at radius 1 is 1.09 bits per heavy atom. The summed E-state index contributed by atoms with van der Waals surface area (Å²) in [5.41, 5.74) is 1.05. The smallest absolute Gasteiger partial charge is 0.329 e. The summed E-state index contributed by atoms with van der Waals surface area (Å²) in [6, 6.07) is 14.3. The van der Waals surface area contributed by atoms with Crippen molar-refractivity contribution in [3.8, 4) is 11.5 Å². The highest BCUT2D eigenvalue weighted by atomic mass is 35.5. The van der Waals surface area contributed by atoms with Gasteiger partial charge in [0.25, 0.3) is 11.8 Å². The van der Waals surface area contributed by atoms with Crippen molar-refractivity contribution in [2.24, 2.45) is 0 Å². The summed E-state index contributed by atoms with van der Waals surface area (Å²) < 4.78 is 10.5. The van der Waals surface area contributed by atoms with Gasteiger partial charge in [0.15, 0.2) is 6.61 Å². The van der Waals surface area contributed by atoms with Crippen molar-refractivity contribution in [1.29, 1.82) is 0 Å². The first kappa shape index (κ1) is 24.3. The molecule has 0 saturated carbocycles. The number of halogens is 1. The molecule has 9 nitrogen and oxygen atoms in total. The number of aromatic nitrogens is 2. The van der Waals surface area contributed by atoms with Gasteiger partial charge in [0.2, 0.25) is 5.89 Å². The molecule has 2 aromatic carbocycles. The van der Waals surface area contributed by atoms with Crippen molar-refractivity contribution >= 4 is 47.2 Å². The van der Waals surface area contributed by atoms with E-state index in [-0.39, 0.29) is 11.9 Å². The van der Waals surface area contributed by atoms with E-state index in [9.17, 15) is 14.4 Å². The van der Waals surface area contributed by atoms with Gasteiger partial charge in [-0.25, -0.2) is 4.79 Å². The minimum atomic E-state index is -0.915. The first-order valence-corrected chi connectivity index (χ1v) is 11.6. The van der Waals surface area contributed by atoms with Gasteiger partial charge in [0.05, 0.1) is 0 Å². The maximum absolute atomic E-state index is 12.5. The molecule has 1 unspecified atom stereocenters. The van der Waals surface area contributed by atoms with Crippen LogP contribution in [0.2, 0.25) is 5.02 Å². The molecule has 3 aromatic rings. The third-order valence-electron chi connectivity index (χ3n) is 4.34. The first-order valence-electron chi connectivity index (χ1n) is 9.87. The minimum Gasteiger partial charge on any atom is -0.454 e. The summed E-state index contributed by atoms with van der Waals surface area (Å²) in [5, 5.41) is 13.1. The summed E-state index contributed by atoms with van der Waals surface area (Å²) in [4.78, 5) is 37.1. The number of nitrogens with one attached hydrogen (secondary N) is 2. The average molecular weight is 489 g/mol. The number of rotatable bonds is 10. The second kappa shape index (κ2) is 12.0. The lowest BCUT2D eigenvalue weighted by Gasteiger charge is -2.17. The van der Waals surface area contributed by atoms with Crippen molar-refractivity contribution in [2.45, 2.75) is 12.5 Å². The Labute approximate surface area is 199 Å². The number of benzene rings is 2. The molecule has 0 aliphatic rings. The van der Waals surface area contributed by atoms with Crippen LogP contribution in [-0.4, -0.2) is 52.6 Å². The minimum absolute atomic E-state index is 0.120. The van der Waals surface area contributed by atoms with Crippen LogP contribution >= 0.6 is 23.4 Å². The number of hydrogen-bond donors (Lipinski definition) is 2. The van der Waals surface area contributed by atoms with E-state index in [1.54, 1.807) is 36.4 Å². The van der Waals surface area contributed by atoms with Crippen LogP contribution in [0.5, 0.6) is 0 Å². The summed E-state index contributed by atoms with van der Waals surface area (Å²) in [7, 11) is 0. The second-order valence-corrected chi connectivity index (χ2v) is 8.17.